The van der Waals surface area contributed by atoms with Crippen molar-refractivity contribution in [3.8, 4) is 11.5 Å². The molecule has 1 aliphatic heterocycles. The van der Waals surface area contributed by atoms with Crippen LogP contribution in [0.3, 0.4) is 0 Å². The van der Waals surface area contributed by atoms with E-state index in [1.54, 1.807) is 13.2 Å². The molecule has 0 N–H and O–H groups in total. The van der Waals surface area contributed by atoms with Gasteiger partial charge in [0.2, 0.25) is 0 Å². The molecular weight excluding hydrogens is 390 g/mol. The minimum absolute atomic E-state index is 0.0455. The fraction of sp³-hybridized carbons (Fsp3) is 0.500. The van der Waals surface area contributed by atoms with Crippen molar-refractivity contribution in [1.82, 2.24) is 0 Å². The number of halogens is 2. The second-order valence-corrected chi connectivity index (χ2v) is 8.00. The second kappa shape index (κ2) is 8.90. The van der Waals surface area contributed by atoms with E-state index in [1.165, 1.54) is 18.7 Å². The number of benzene rings is 2. The van der Waals surface area contributed by atoms with Crippen molar-refractivity contribution in [2.75, 3.05) is 34.0 Å². The minimum atomic E-state index is -3.01. The van der Waals surface area contributed by atoms with Crippen LogP contribution in [0.2, 0.25) is 0 Å². The Labute approximate surface area is 176 Å². The first kappa shape index (κ1) is 21.1. The zero-order chi connectivity index (χ0) is 21.1. The molecule has 0 amide bonds. The standard InChI is InChI=1S/C24H28F2O4/c1-27-12-4-5-16-14-29-23-13-17(8-9-18(16)23)30-22-11-10-19-20(22)6-3-7-21(19)24(25,26)15-28-2/h3,6-9,13,16,22H,4-5,10-12,14-15H2,1-2H3. The summed E-state index contributed by atoms with van der Waals surface area (Å²) < 4.78 is 50.9. The third kappa shape index (κ3) is 4.16. The van der Waals surface area contributed by atoms with Gasteiger partial charge in [0.15, 0.2) is 0 Å². The van der Waals surface area contributed by atoms with E-state index in [0.29, 0.717) is 36.7 Å². The average Bonchev–Trinajstić information content (AvgIpc) is 3.32. The molecule has 0 fully saturated rings. The molecule has 4 nitrogen and oxygen atoms in total. The van der Waals surface area contributed by atoms with Crippen LogP contribution in [0, 0.1) is 0 Å². The van der Waals surface area contributed by atoms with E-state index in [1.807, 2.05) is 18.2 Å². The summed E-state index contributed by atoms with van der Waals surface area (Å²) in [6, 6.07) is 11.0. The molecule has 0 bridgehead atoms. The Morgan fingerprint density at radius 1 is 1.10 bits per heavy atom. The largest absolute Gasteiger partial charge is 0.493 e. The fourth-order valence-corrected chi connectivity index (χ4v) is 4.55. The highest BCUT2D eigenvalue weighted by Gasteiger charge is 2.38. The van der Waals surface area contributed by atoms with Crippen molar-refractivity contribution in [2.45, 2.75) is 43.6 Å². The van der Waals surface area contributed by atoms with Crippen LogP contribution in [-0.4, -0.2) is 34.0 Å². The smallest absolute Gasteiger partial charge is 0.296 e. The van der Waals surface area contributed by atoms with Gasteiger partial charge in [0.05, 0.1) is 6.61 Å². The molecule has 4 rings (SSSR count). The van der Waals surface area contributed by atoms with Gasteiger partial charge < -0.3 is 18.9 Å². The Kier molecular flexibility index (Phi) is 6.25. The van der Waals surface area contributed by atoms with Crippen LogP contribution < -0.4 is 9.47 Å². The van der Waals surface area contributed by atoms with Crippen LogP contribution >= 0.6 is 0 Å². The van der Waals surface area contributed by atoms with Crippen molar-refractivity contribution in [3.05, 3.63) is 58.7 Å². The summed E-state index contributed by atoms with van der Waals surface area (Å²) in [5, 5.41) is 0. The Morgan fingerprint density at radius 2 is 1.97 bits per heavy atom. The third-order valence-corrected chi connectivity index (χ3v) is 5.98. The maximum atomic E-state index is 14.5. The van der Waals surface area contributed by atoms with E-state index in [2.05, 4.69) is 6.07 Å². The predicted molar refractivity (Wildman–Crippen MR) is 110 cm³/mol. The lowest BCUT2D eigenvalue weighted by Crippen LogP contribution is -2.22. The van der Waals surface area contributed by atoms with Gasteiger partial charge in [-0.1, -0.05) is 24.3 Å². The number of fused-ring (bicyclic) bond motifs is 2. The van der Waals surface area contributed by atoms with Crippen LogP contribution in [0.25, 0.3) is 0 Å². The first-order chi connectivity index (χ1) is 14.5. The number of ether oxygens (including phenoxy) is 4. The summed E-state index contributed by atoms with van der Waals surface area (Å²) >= 11 is 0. The zero-order valence-electron chi connectivity index (χ0n) is 17.5. The van der Waals surface area contributed by atoms with E-state index in [9.17, 15) is 8.78 Å². The first-order valence-electron chi connectivity index (χ1n) is 10.4. The summed E-state index contributed by atoms with van der Waals surface area (Å²) in [4.78, 5) is 0. The molecule has 0 saturated heterocycles. The van der Waals surface area contributed by atoms with Gasteiger partial charge in [-0.2, -0.15) is 8.78 Å². The summed E-state index contributed by atoms with van der Waals surface area (Å²) in [5.74, 6) is -1.07. The van der Waals surface area contributed by atoms with Crippen LogP contribution in [0.15, 0.2) is 36.4 Å². The molecule has 2 aliphatic rings. The topological polar surface area (TPSA) is 36.9 Å². The van der Waals surface area contributed by atoms with Gasteiger partial charge in [0, 0.05) is 43.9 Å². The molecule has 0 spiro atoms. The van der Waals surface area contributed by atoms with Gasteiger partial charge >= 0.3 is 0 Å². The molecule has 1 aliphatic carbocycles. The molecule has 2 aromatic rings. The quantitative estimate of drug-likeness (QED) is 0.512. The van der Waals surface area contributed by atoms with Gasteiger partial charge in [0.25, 0.3) is 5.92 Å². The minimum Gasteiger partial charge on any atom is -0.493 e. The fourth-order valence-electron chi connectivity index (χ4n) is 4.55. The van der Waals surface area contributed by atoms with Gasteiger partial charge in [0.1, 0.15) is 24.2 Å². The number of rotatable bonds is 9. The summed E-state index contributed by atoms with van der Waals surface area (Å²) in [6.45, 7) is 0.801. The zero-order valence-corrected chi connectivity index (χ0v) is 17.5. The molecule has 2 unspecified atom stereocenters. The van der Waals surface area contributed by atoms with Crippen LogP contribution in [0.4, 0.5) is 8.78 Å². The highest BCUT2D eigenvalue weighted by Crippen LogP contribution is 2.43. The number of hydrogen-bond acceptors (Lipinski definition) is 4. The Hall–Kier alpha value is -2.18. The van der Waals surface area contributed by atoms with Crippen molar-refractivity contribution in [2.24, 2.45) is 0 Å². The van der Waals surface area contributed by atoms with Gasteiger partial charge in [-0.15, -0.1) is 0 Å². The SMILES string of the molecule is COCCCC1COc2cc(OC3CCc4c3cccc4C(F)(F)COC)ccc21. The lowest BCUT2D eigenvalue weighted by Gasteiger charge is -2.20. The molecule has 2 atom stereocenters. The predicted octanol–water partition coefficient (Wildman–Crippen LogP) is 5.39. The normalized spacial score (nSPS) is 20.0. The lowest BCUT2D eigenvalue weighted by atomic mass is 9.96. The number of methoxy groups -OCH3 is 2. The molecule has 2 aromatic carbocycles. The monoisotopic (exact) mass is 418 g/mol. The van der Waals surface area contributed by atoms with Gasteiger partial charge in [-0.25, -0.2) is 0 Å². The van der Waals surface area contributed by atoms with Crippen LogP contribution in [0.1, 0.15) is 53.5 Å². The summed E-state index contributed by atoms with van der Waals surface area (Å²) in [6.07, 6.45) is 3.02. The van der Waals surface area contributed by atoms with Gasteiger partial charge in [-0.3, -0.25) is 0 Å². The molecule has 0 radical (unpaired) electrons. The second-order valence-electron chi connectivity index (χ2n) is 8.00. The summed E-state index contributed by atoms with van der Waals surface area (Å²) in [7, 11) is 3.01. The Balaban J connectivity index is 1.49. The maximum absolute atomic E-state index is 14.5. The molecule has 6 heteroatoms. The van der Waals surface area contributed by atoms with Gasteiger partial charge in [-0.05, 0) is 42.9 Å². The molecule has 0 aromatic heterocycles. The third-order valence-electron chi connectivity index (χ3n) is 5.98. The van der Waals surface area contributed by atoms with E-state index >= 15 is 0 Å². The van der Waals surface area contributed by atoms with Crippen LogP contribution in [-0.2, 0) is 21.8 Å². The maximum Gasteiger partial charge on any atom is 0.296 e. The molecule has 162 valence electrons. The van der Waals surface area contributed by atoms with E-state index < -0.39 is 12.5 Å². The van der Waals surface area contributed by atoms with Crippen molar-refractivity contribution in [3.63, 3.8) is 0 Å². The highest BCUT2D eigenvalue weighted by molar-refractivity contribution is 5.47. The van der Waals surface area contributed by atoms with Crippen molar-refractivity contribution >= 4 is 0 Å². The van der Waals surface area contributed by atoms with E-state index in [4.69, 9.17) is 18.9 Å². The average molecular weight is 418 g/mol. The molecule has 0 saturated carbocycles. The summed E-state index contributed by atoms with van der Waals surface area (Å²) in [5.41, 5.74) is 2.76. The Bertz CT molecular complexity index is 884. The highest BCUT2D eigenvalue weighted by atomic mass is 19.3. The van der Waals surface area contributed by atoms with E-state index in [0.717, 1.165) is 30.8 Å². The number of hydrogen-bond donors (Lipinski definition) is 0. The van der Waals surface area contributed by atoms with Crippen molar-refractivity contribution < 1.29 is 27.7 Å². The molecule has 1 heterocycles. The lowest BCUT2D eigenvalue weighted by molar-refractivity contribution is -0.0703. The van der Waals surface area contributed by atoms with Crippen LogP contribution in [0.5, 0.6) is 11.5 Å². The van der Waals surface area contributed by atoms with Crippen molar-refractivity contribution in [1.29, 1.82) is 0 Å². The molecular formula is C24H28F2O4. The molecule has 30 heavy (non-hydrogen) atoms. The number of alkyl halides is 2. The van der Waals surface area contributed by atoms with E-state index in [-0.39, 0.29) is 11.7 Å². The Morgan fingerprint density at radius 3 is 2.77 bits per heavy atom. The first-order valence-corrected chi connectivity index (χ1v) is 10.4.